The summed E-state index contributed by atoms with van der Waals surface area (Å²) in [5.41, 5.74) is 0.345. The third kappa shape index (κ3) is 2.73. The summed E-state index contributed by atoms with van der Waals surface area (Å²) in [6.45, 7) is 3.44. The predicted octanol–water partition coefficient (Wildman–Crippen LogP) is 3.50. The fourth-order valence-electron chi connectivity index (χ4n) is 4.91. The molecule has 0 saturated carbocycles. The van der Waals surface area contributed by atoms with E-state index in [0.29, 0.717) is 24.4 Å². The molecule has 1 aromatic carbocycles. The first-order chi connectivity index (χ1) is 12.0. The fourth-order valence-corrected chi connectivity index (χ4v) is 4.91. The summed E-state index contributed by atoms with van der Waals surface area (Å²) < 4.78 is 25.5. The fraction of sp³-hybridized carbons (Fsp3) is 0.650. The molecule has 0 radical (unpaired) electrons. The Labute approximate surface area is 148 Å². The number of piperidine rings is 1. The standard InChI is InChI=1S/C20H26FNO3/c1-20(12-14-6-7-17(20)25-14)19(23)22-10-8-13(9-11-22)15-4-3-5-16(24-2)18(15)21/h3-5,13-14,17H,6-12H2,1-2H3. The summed E-state index contributed by atoms with van der Waals surface area (Å²) in [5.74, 6) is 0.401. The number of halogens is 1. The second-order valence-electron chi connectivity index (χ2n) is 7.88. The summed E-state index contributed by atoms with van der Waals surface area (Å²) in [7, 11) is 1.49. The molecule has 3 heterocycles. The molecule has 3 atom stereocenters. The van der Waals surface area contributed by atoms with E-state index in [1.807, 2.05) is 17.0 Å². The molecule has 1 amide bonds. The maximum atomic E-state index is 14.5. The maximum absolute atomic E-state index is 14.5. The number of hydrogen-bond acceptors (Lipinski definition) is 3. The molecule has 1 aromatic rings. The monoisotopic (exact) mass is 347 g/mol. The normalized spacial score (nSPS) is 32.2. The van der Waals surface area contributed by atoms with Crippen molar-refractivity contribution in [2.45, 2.75) is 57.2 Å². The Morgan fingerprint density at radius 2 is 2.04 bits per heavy atom. The van der Waals surface area contributed by atoms with Crippen LogP contribution in [0, 0.1) is 11.2 Å². The van der Waals surface area contributed by atoms with Crippen LogP contribution >= 0.6 is 0 Å². The predicted molar refractivity (Wildman–Crippen MR) is 92.1 cm³/mol. The van der Waals surface area contributed by atoms with Crippen LogP contribution in [0.15, 0.2) is 18.2 Å². The second kappa shape index (κ2) is 6.27. The molecule has 3 aliphatic heterocycles. The number of nitrogens with zero attached hydrogens (tertiary/aromatic N) is 1. The Bertz CT molecular complexity index is 671. The van der Waals surface area contributed by atoms with E-state index in [2.05, 4.69) is 6.92 Å². The molecule has 3 saturated heterocycles. The zero-order chi connectivity index (χ0) is 17.6. The number of fused-ring (bicyclic) bond motifs is 2. The molecular weight excluding hydrogens is 321 g/mol. The second-order valence-corrected chi connectivity index (χ2v) is 7.88. The number of likely N-dealkylation sites (tertiary alicyclic amines) is 1. The lowest BCUT2D eigenvalue weighted by molar-refractivity contribution is -0.145. The van der Waals surface area contributed by atoms with Crippen molar-refractivity contribution in [3.63, 3.8) is 0 Å². The maximum Gasteiger partial charge on any atom is 0.231 e. The van der Waals surface area contributed by atoms with Gasteiger partial charge in [0.2, 0.25) is 5.91 Å². The van der Waals surface area contributed by atoms with E-state index in [4.69, 9.17) is 9.47 Å². The Morgan fingerprint density at radius 1 is 1.28 bits per heavy atom. The number of benzene rings is 1. The molecule has 2 bridgehead atoms. The lowest BCUT2D eigenvalue weighted by Gasteiger charge is -2.39. The van der Waals surface area contributed by atoms with Gasteiger partial charge in [-0.3, -0.25) is 4.79 Å². The summed E-state index contributed by atoms with van der Waals surface area (Å²) in [5, 5.41) is 0. The van der Waals surface area contributed by atoms with Gasteiger partial charge in [0.25, 0.3) is 0 Å². The van der Waals surface area contributed by atoms with Crippen LogP contribution in [0.3, 0.4) is 0 Å². The number of amides is 1. The van der Waals surface area contributed by atoms with Gasteiger partial charge >= 0.3 is 0 Å². The van der Waals surface area contributed by atoms with Crippen LogP contribution in [0.4, 0.5) is 4.39 Å². The molecular formula is C20H26FNO3. The van der Waals surface area contributed by atoms with Gasteiger partial charge in [0.1, 0.15) is 0 Å². The SMILES string of the molecule is COc1cccc(C2CCN(C(=O)C3(C)CC4CCC3O4)CC2)c1F. The van der Waals surface area contributed by atoms with E-state index < -0.39 is 0 Å². The van der Waals surface area contributed by atoms with E-state index in [-0.39, 0.29) is 35.3 Å². The molecule has 4 rings (SSSR count). The number of methoxy groups -OCH3 is 1. The zero-order valence-corrected chi connectivity index (χ0v) is 15.0. The van der Waals surface area contributed by atoms with Crippen molar-refractivity contribution >= 4 is 5.91 Å². The van der Waals surface area contributed by atoms with Crippen molar-refractivity contribution in [1.82, 2.24) is 4.90 Å². The Balaban J connectivity index is 1.43. The third-order valence-corrected chi connectivity index (χ3v) is 6.39. The highest BCUT2D eigenvalue weighted by atomic mass is 19.1. The van der Waals surface area contributed by atoms with Gasteiger partial charge in [0, 0.05) is 13.1 Å². The number of ether oxygens (including phenoxy) is 2. The average Bonchev–Trinajstić information content (AvgIpc) is 3.22. The quantitative estimate of drug-likeness (QED) is 0.840. The highest BCUT2D eigenvalue weighted by Crippen LogP contribution is 2.49. The first-order valence-electron chi connectivity index (χ1n) is 9.30. The first-order valence-corrected chi connectivity index (χ1v) is 9.30. The molecule has 4 nitrogen and oxygen atoms in total. The Morgan fingerprint density at radius 3 is 2.64 bits per heavy atom. The lowest BCUT2D eigenvalue weighted by Crippen LogP contribution is -2.49. The van der Waals surface area contributed by atoms with Crippen LogP contribution in [0.2, 0.25) is 0 Å². The molecule has 3 unspecified atom stereocenters. The largest absolute Gasteiger partial charge is 0.494 e. The topological polar surface area (TPSA) is 38.8 Å². The van der Waals surface area contributed by atoms with E-state index in [0.717, 1.165) is 32.1 Å². The van der Waals surface area contributed by atoms with Crippen molar-refractivity contribution in [1.29, 1.82) is 0 Å². The van der Waals surface area contributed by atoms with Crippen molar-refractivity contribution in [2.24, 2.45) is 5.41 Å². The Hall–Kier alpha value is -1.62. The number of hydrogen-bond donors (Lipinski definition) is 0. The van der Waals surface area contributed by atoms with Gasteiger partial charge in [-0.1, -0.05) is 12.1 Å². The van der Waals surface area contributed by atoms with Crippen molar-refractivity contribution < 1.29 is 18.7 Å². The minimum atomic E-state index is -0.364. The summed E-state index contributed by atoms with van der Waals surface area (Å²) in [6, 6.07) is 5.32. The number of carbonyl (C=O) groups is 1. The smallest absolute Gasteiger partial charge is 0.231 e. The molecule has 3 fully saturated rings. The van der Waals surface area contributed by atoms with Crippen LogP contribution in [-0.4, -0.2) is 43.2 Å². The molecule has 25 heavy (non-hydrogen) atoms. The lowest BCUT2D eigenvalue weighted by atomic mass is 9.74. The highest BCUT2D eigenvalue weighted by Gasteiger charge is 2.55. The van der Waals surface area contributed by atoms with Gasteiger partial charge in [-0.25, -0.2) is 4.39 Å². The number of rotatable bonds is 3. The van der Waals surface area contributed by atoms with Gasteiger partial charge in [0.05, 0.1) is 24.7 Å². The number of carbonyl (C=O) groups excluding carboxylic acids is 1. The first kappa shape index (κ1) is 16.8. The van der Waals surface area contributed by atoms with E-state index in [9.17, 15) is 9.18 Å². The van der Waals surface area contributed by atoms with Crippen molar-refractivity contribution in [2.75, 3.05) is 20.2 Å². The molecule has 3 aliphatic rings. The van der Waals surface area contributed by atoms with Crippen molar-refractivity contribution in [3.05, 3.63) is 29.6 Å². The minimum Gasteiger partial charge on any atom is -0.494 e. The Kier molecular flexibility index (Phi) is 4.22. The van der Waals surface area contributed by atoms with Gasteiger partial charge in [-0.05, 0) is 56.6 Å². The van der Waals surface area contributed by atoms with E-state index >= 15 is 0 Å². The molecule has 0 aromatic heterocycles. The van der Waals surface area contributed by atoms with Crippen LogP contribution in [0.5, 0.6) is 5.75 Å². The van der Waals surface area contributed by atoms with E-state index in [1.54, 1.807) is 6.07 Å². The van der Waals surface area contributed by atoms with Crippen LogP contribution in [0.1, 0.15) is 50.5 Å². The molecule has 5 heteroatoms. The molecule has 0 spiro atoms. The summed E-state index contributed by atoms with van der Waals surface area (Å²) >= 11 is 0. The zero-order valence-electron chi connectivity index (χ0n) is 15.0. The minimum absolute atomic E-state index is 0.0820. The molecule has 136 valence electrons. The van der Waals surface area contributed by atoms with E-state index in [1.165, 1.54) is 7.11 Å². The van der Waals surface area contributed by atoms with Crippen LogP contribution in [0.25, 0.3) is 0 Å². The molecule has 0 aliphatic carbocycles. The average molecular weight is 347 g/mol. The van der Waals surface area contributed by atoms with Crippen LogP contribution in [-0.2, 0) is 9.53 Å². The van der Waals surface area contributed by atoms with Gasteiger partial charge < -0.3 is 14.4 Å². The summed E-state index contributed by atoms with van der Waals surface area (Å²) in [6.07, 6.45) is 4.87. The van der Waals surface area contributed by atoms with Gasteiger partial charge in [0.15, 0.2) is 11.6 Å². The van der Waals surface area contributed by atoms with Gasteiger partial charge in [-0.2, -0.15) is 0 Å². The molecule has 0 N–H and O–H groups in total. The third-order valence-electron chi connectivity index (χ3n) is 6.39. The van der Waals surface area contributed by atoms with Gasteiger partial charge in [-0.15, -0.1) is 0 Å². The summed E-state index contributed by atoms with van der Waals surface area (Å²) in [4.78, 5) is 15.0. The van der Waals surface area contributed by atoms with Crippen molar-refractivity contribution in [3.8, 4) is 5.75 Å². The highest BCUT2D eigenvalue weighted by molar-refractivity contribution is 5.83. The van der Waals surface area contributed by atoms with Crippen LogP contribution < -0.4 is 4.74 Å².